The van der Waals surface area contributed by atoms with Crippen molar-refractivity contribution in [3.63, 3.8) is 0 Å². The predicted octanol–water partition coefficient (Wildman–Crippen LogP) is 1.25. The standard InChI is InChI=1S/C36H44O15/c1-14(2)31(44)51-32-36-13-46-22-26(36)35(12-47-32,28(43)23(48-15(3)37)30(36)50-17(5)39)25-21(41)29(49-16(4)38)33(6)19(18-8-9-45-11-18)10-20(40)24(33)34(25,7)27(22)42/h8-9,11,14,19,22-30,32,42-43H,10,12-13H2,1-7H3/t19-,22+,23+,24?,25?,26?,27+,28-,29-,30+,32?,33-,34-,35+,36+/m0/s1. The third-order valence-corrected chi connectivity index (χ3v) is 13.1. The molecule has 6 aliphatic rings. The summed E-state index contributed by atoms with van der Waals surface area (Å²) in [5.74, 6) is -9.15. The summed E-state index contributed by atoms with van der Waals surface area (Å²) in [6.45, 7) is 9.01. The van der Waals surface area contributed by atoms with Crippen LogP contribution in [0.4, 0.5) is 0 Å². The maximum atomic E-state index is 15.5. The minimum absolute atomic E-state index is 0.0659. The molecule has 4 saturated carbocycles. The van der Waals surface area contributed by atoms with Gasteiger partial charge in [0.15, 0.2) is 24.1 Å². The van der Waals surface area contributed by atoms with Gasteiger partial charge in [-0.05, 0) is 11.6 Å². The van der Waals surface area contributed by atoms with Crippen LogP contribution in [0.1, 0.15) is 66.4 Å². The molecule has 51 heavy (non-hydrogen) atoms. The molecule has 4 aliphatic carbocycles. The fourth-order valence-electron chi connectivity index (χ4n) is 11.6. The quantitative estimate of drug-likeness (QED) is 0.313. The summed E-state index contributed by atoms with van der Waals surface area (Å²) in [5, 5.41) is 25.3. The second-order valence-electron chi connectivity index (χ2n) is 16.0. The summed E-state index contributed by atoms with van der Waals surface area (Å²) in [5.41, 5.74) is -6.02. The van der Waals surface area contributed by atoms with Crippen molar-refractivity contribution in [2.24, 2.45) is 45.3 Å². The van der Waals surface area contributed by atoms with Gasteiger partial charge in [-0.2, -0.15) is 0 Å². The van der Waals surface area contributed by atoms with E-state index >= 15 is 4.79 Å². The number of ether oxygens (including phenoxy) is 6. The number of hydrogen-bond donors (Lipinski definition) is 2. The van der Waals surface area contributed by atoms with Gasteiger partial charge in [0.05, 0.1) is 43.9 Å². The van der Waals surface area contributed by atoms with Crippen LogP contribution in [0.3, 0.4) is 0 Å². The first-order valence-corrected chi connectivity index (χ1v) is 17.3. The number of esters is 4. The molecule has 2 N–H and O–H groups in total. The molecule has 6 fully saturated rings. The van der Waals surface area contributed by atoms with Crippen LogP contribution in [0.15, 0.2) is 23.0 Å². The normalized spacial score (nSPS) is 46.4. The minimum atomic E-state index is -1.82. The lowest BCUT2D eigenvalue weighted by Gasteiger charge is -2.72. The number of Topliss-reactive ketones (excluding diaryl/α,β-unsaturated/α-hetero) is 2. The number of aliphatic hydroxyl groups excluding tert-OH is 2. The molecule has 15 heteroatoms. The second kappa shape index (κ2) is 11.7. The van der Waals surface area contributed by atoms with Crippen LogP contribution in [0.5, 0.6) is 0 Å². The first-order valence-electron chi connectivity index (χ1n) is 17.3. The highest BCUT2D eigenvalue weighted by molar-refractivity contribution is 5.97. The SMILES string of the molecule is CC(=O)O[C@H]1[C@@H](OC(C)=O)[C@@]23CO[C@@H]4C2[C@@](COC3OC(=O)C(C)C)(C2C(=O)[C@H](OC(C)=O)[C@]3(C)C(C(=O)C[C@H]3c3ccoc3)[C@]2(C)[C@@H]4O)[C@H]1O. The number of rotatable bonds is 6. The Morgan fingerprint density at radius 3 is 2.08 bits per heavy atom. The largest absolute Gasteiger partial charge is 0.472 e. The smallest absolute Gasteiger partial charge is 0.310 e. The van der Waals surface area contributed by atoms with Gasteiger partial charge in [0.1, 0.15) is 17.3 Å². The molecule has 2 bridgehead atoms. The summed E-state index contributed by atoms with van der Waals surface area (Å²) in [4.78, 5) is 81.3. The lowest BCUT2D eigenvalue weighted by Crippen LogP contribution is -2.85. The maximum absolute atomic E-state index is 15.5. The molecule has 3 heterocycles. The van der Waals surface area contributed by atoms with E-state index in [0.29, 0.717) is 5.56 Å². The van der Waals surface area contributed by atoms with Crippen molar-refractivity contribution in [2.45, 2.75) is 104 Å². The average Bonchev–Trinajstić information content (AvgIpc) is 3.78. The summed E-state index contributed by atoms with van der Waals surface area (Å²) < 4.78 is 41.5. The highest BCUT2D eigenvalue weighted by Crippen LogP contribution is 2.77. The van der Waals surface area contributed by atoms with Gasteiger partial charge in [-0.15, -0.1) is 0 Å². The number of fused-ring (bicyclic) bond motifs is 3. The first-order chi connectivity index (χ1) is 23.9. The van der Waals surface area contributed by atoms with Gasteiger partial charge in [0.25, 0.3) is 0 Å². The third kappa shape index (κ3) is 4.43. The topological polar surface area (TPSA) is 211 Å². The first kappa shape index (κ1) is 35.7. The molecule has 0 spiro atoms. The fourth-order valence-corrected chi connectivity index (χ4v) is 11.6. The van der Waals surface area contributed by atoms with E-state index in [2.05, 4.69) is 0 Å². The van der Waals surface area contributed by atoms with E-state index < -0.39 is 130 Å². The van der Waals surface area contributed by atoms with E-state index in [1.807, 2.05) is 0 Å². The fraction of sp³-hybridized carbons (Fsp3) is 0.722. The number of carbonyl (C=O) groups excluding carboxylic acids is 6. The van der Waals surface area contributed by atoms with Crippen molar-refractivity contribution in [1.29, 1.82) is 0 Å². The highest BCUT2D eigenvalue weighted by Gasteiger charge is 2.88. The van der Waals surface area contributed by atoms with Crippen LogP contribution < -0.4 is 0 Å². The van der Waals surface area contributed by atoms with Crippen molar-refractivity contribution in [2.75, 3.05) is 13.2 Å². The Balaban J connectivity index is 1.49. The van der Waals surface area contributed by atoms with Crippen LogP contribution in [0.25, 0.3) is 0 Å². The Hall–Kier alpha value is -3.66. The van der Waals surface area contributed by atoms with Crippen molar-refractivity contribution < 1.29 is 71.8 Å². The van der Waals surface area contributed by atoms with Crippen molar-refractivity contribution in [3.8, 4) is 0 Å². The van der Waals surface area contributed by atoms with E-state index in [4.69, 9.17) is 32.8 Å². The molecule has 0 amide bonds. The van der Waals surface area contributed by atoms with Crippen molar-refractivity contribution in [1.82, 2.24) is 0 Å². The minimum Gasteiger partial charge on any atom is -0.472 e. The molecule has 15 nitrogen and oxygen atoms in total. The van der Waals surface area contributed by atoms with E-state index in [1.165, 1.54) is 12.5 Å². The van der Waals surface area contributed by atoms with Crippen LogP contribution in [-0.2, 0) is 57.2 Å². The molecule has 4 unspecified atom stereocenters. The number of ketones is 2. The molecule has 2 saturated heterocycles. The molecule has 1 aromatic rings. The maximum Gasteiger partial charge on any atom is 0.310 e. The molecule has 0 radical (unpaired) electrons. The van der Waals surface area contributed by atoms with Gasteiger partial charge < -0.3 is 43.1 Å². The Kier molecular flexibility index (Phi) is 8.18. The zero-order chi connectivity index (χ0) is 37.2. The van der Waals surface area contributed by atoms with Crippen LogP contribution in [0.2, 0.25) is 0 Å². The van der Waals surface area contributed by atoms with E-state index in [-0.39, 0.29) is 18.8 Å². The van der Waals surface area contributed by atoms with Gasteiger partial charge in [-0.1, -0.05) is 27.7 Å². The molecule has 15 atom stereocenters. The summed E-state index contributed by atoms with van der Waals surface area (Å²) in [7, 11) is 0. The van der Waals surface area contributed by atoms with Crippen molar-refractivity contribution in [3.05, 3.63) is 24.2 Å². The lowest BCUT2D eigenvalue weighted by molar-refractivity contribution is -0.383. The highest BCUT2D eigenvalue weighted by atomic mass is 16.7. The number of hydrogen-bond acceptors (Lipinski definition) is 15. The summed E-state index contributed by atoms with van der Waals surface area (Å²) >= 11 is 0. The zero-order valence-electron chi connectivity index (χ0n) is 29.5. The summed E-state index contributed by atoms with van der Waals surface area (Å²) in [6, 6.07) is 1.67. The van der Waals surface area contributed by atoms with Crippen LogP contribution >= 0.6 is 0 Å². The predicted molar refractivity (Wildman–Crippen MR) is 167 cm³/mol. The summed E-state index contributed by atoms with van der Waals surface area (Å²) in [6.07, 6.45) is -7.98. The average molecular weight is 717 g/mol. The zero-order valence-corrected chi connectivity index (χ0v) is 29.5. The van der Waals surface area contributed by atoms with E-state index in [1.54, 1.807) is 33.8 Å². The molecular formula is C36H44O15. The van der Waals surface area contributed by atoms with Crippen LogP contribution in [-0.4, -0.2) is 102 Å². The Bertz CT molecular complexity index is 1670. The third-order valence-electron chi connectivity index (χ3n) is 13.1. The second-order valence-corrected chi connectivity index (χ2v) is 16.0. The molecule has 2 aliphatic heterocycles. The molecule has 1 aromatic heterocycles. The molecular weight excluding hydrogens is 672 g/mol. The van der Waals surface area contributed by atoms with Gasteiger partial charge in [0.2, 0.25) is 6.29 Å². The molecule has 278 valence electrons. The molecule has 7 rings (SSSR count). The number of carbonyl (C=O) groups is 6. The monoisotopic (exact) mass is 716 g/mol. The Morgan fingerprint density at radius 1 is 0.843 bits per heavy atom. The Morgan fingerprint density at radius 2 is 1.49 bits per heavy atom. The Labute approximate surface area is 293 Å². The number of aliphatic hydroxyl groups is 2. The number of furan rings is 1. The van der Waals surface area contributed by atoms with Gasteiger partial charge in [0, 0.05) is 67.1 Å². The van der Waals surface area contributed by atoms with E-state index in [0.717, 1.165) is 20.8 Å². The van der Waals surface area contributed by atoms with Gasteiger partial charge >= 0.3 is 23.9 Å². The van der Waals surface area contributed by atoms with E-state index in [9.17, 15) is 34.2 Å². The lowest BCUT2D eigenvalue weighted by atomic mass is 9.33. The molecule has 0 aromatic carbocycles. The van der Waals surface area contributed by atoms with Gasteiger partial charge in [-0.25, -0.2) is 0 Å². The van der Waals surface area contributed by atoms with Crippen LogP contribution in [0, 0.1) is 45.3 Å². The van der Waals surface area contributed by atoms with Gasteiger partial charge in [-0.3, -0.25) is 28.8 Å². The van der Waals surface area contributed by atoms with Crippen molar-refractivity contribution >= 4 is 35.4 Å².